The van der Waals surface area contributed by atoms with Crippen LogP contribution in [0.2, 0.25) is 5.02 Å². The summed E-state index contributed by atoms with van der Waals surface area (Å²) >= 11 is 5.62. The predicted octanol–water partition coefficient (Wildman–Crippen LogP) is 3.33. The molecule has 3 nitrogen and oxygen atoms in total. The van der Waals surface area contributed by atoms with Gasteiger partial charge in [-0.25, -0.2) is 9.18 Å². The van der Waals surface area contributed by atoms with Crippen LogP contribution in [0.15, 0.2) is 36.7 Å². The van der Waals surface area contributed by atoms with E-state index in [1.54, 1.807) is 6.07 Å². The SMILES string of the molecule is COC(=O)c1ccncc1-c1ccc(Cl)c(F)c1. The topological polar surface area (TPSA) is 39.2 Å². The van der Waals surface area contributed by atoms with Crippen LogP contribution in [0.5, 0.6) is 0 Å². The number of nitrogens with zero attached hydrogens (tertiary/aromatic N) is 1. The molecule has 0 spiro atoms. The Bertz CT molecular complexity index is 601. The summed E-state index contributed by atoms with van der Waals surface area (Å²) in [4.78, 5) is 15.5. The number of carbonyl (C=O) groups is 1. The Morgan fingerprint density at radius 1 is 1.39 bits per heavy atom. The molecule has 0 amide bonds. The van der Waals surface area contributed by atoms with Crippen molar-refractivity contribution in [1.29, 1.82) is 0 Å². The first kappa shape index (κ1) is 12.5. The van der Waals surface area contributed by atoms with Crippen molar-refractivity contribution in [2.45, 2.75) is 0 Å². The fraction of sp³-hybridized carbons (Fsp3) is 0.0769. The van der Waals surface area contributed by atoms with Gasteiger partial charge in [-0.05, 0) is 23.8 Å². The molecule has 0 bridgehead atoms. The Kier molecular flexibility index (Phi) is 3.58. The average molecular weight is 266 g/mol. The maximum atomic E-state index is 13.4. The second-order valence-corrected chi connectivity index (χ2v) is 3.95. The van der Waals surface area contributed by atoms with E-state index in [-0.39, 0.29) is 5.02 Å². The molecule has 0 aliphatic carbocycles. The quantitative estimate of drug-likeness (QED) is 0.782. The number of benzene rings is 1. The minimum Gasteiger partial charge on any atom is -0.465 e. The van der Waals surface area contributed by atoms with Crippen molar-refractivity contribution in [3.05, 3.63) is 53.1 Å². The Morgan fingerprint density at radius 2 is 2.17 bits per heavy atom. The molecular formula is C13H9ClFNO2. The van der Waals surface area contributed by atoms with Gasteiger partial charge < -0.3 is 4.74 Å². The fourth-order valence-corrected chi connectivity index (χ4v) is 1.69. The van der Waals surface area contributed by atoms with Gasteiger partial charge in [-0.1, -0.05) is 17.7 Å². The maximum absolute atomic E-state index is 13.4. The number of hydrogen-bond donors (Lipinski definition) is 0. The molecule has 1 aromatic carbocycles. The molecule has 18 heavy (non-hydrogen) atoms. The Morgan fingerprint density at radius 3 is 2.83 bits per heavy atom. The van der Waals surface area contributed by atoms with Gasteiger partial charge in [0.2, 0.25) is 0 Å². The number of esters is 1. The van der Waals surface area contributed by atoms with Gasteiger partial charge in [-0.3, -0.25) is 4.98 Å². The monoisotopic (exact) mass is 265 g/mol. The zero-order valence-electron chi connectivity index (χ0n) is 9.48. The van der Waals surface area contributed by atoms with E-state index < -0.39 is 11.8 Å². The van der Waals surface area contributed by atoms with Crippen molar-refractivity contribution in [2.24, 2.45) is 0 Å². The summed E-state index contributed by atoms with van der Waals surface area (Å²) in [5.41, 5.74) is 1.35. The van der Waals surface area contributed by atoms with Crippen LogP contribution in [-0.4, -0.2) is 18.1 Å². The van der Waals surface area contributed by atoms with Gasteiger partial charge in [0.15, 0.2) is 0 Å². The third-order valence-corrected chi connectivity index (χ3v) is 2.76. The molecule has 0 radical (unpaired) electrons. The van der Waals surface area contributed by atoms with Gasteiger partial charge in [0.05, 0.1) is 17.7 Å². The molecule has 0 N–H and O–H groups in total. The van der Waals surface area contributed by atoms with E-state index in [4.69, 9.17) is 11.6 Å². The van der Waals surface area contributed by atoms with Gasteiger partial charge in [-0.2, -0.15) is 0 Å². The number of rotatable bonds is 2. The number of methoxy groups -OCH3 is 1. The van der Waals surface area contributed by atoms with Gasteiger partial charge in [0.25, 0.3) is 0 Å². The van der Waals surface area contributed by atoms with E-state index in [0.29, 0.717) is 16.7 Å². The molecule has 0 aliphatic rings. The van der Waals surface area contributed by atoms with Crippen molar-refractivity contribution in [3.8, 4) is 11.1 Å². The van der Waals surface area contributed by atoms with Crippen LogP contribution in [0.1, 0.15) is 10.4 Å². The van der Waals surface area contributed by atoms with Crippen LogP contribution in [0.4, 0.5) is 4.39 Å². The molecule has 2 aromatic rings. The van der Waals surface area contributed by atoms with Crippen molar-refractivity contribution < 1.29 is 13.9 Å². The molecule has 1 aromatic heterocycles. The zero-order valence-corrected chi connectivity index (χ0v) is 10.2. The van der Waals surface area contributed by atoms with Crippen LogP contribution in [0.3, 0.4) is 0 Å². The summed E-state index contributed by atoms with van der Waals surface area (Å²) in [6.45, 7) is 0. The molecule has 0 atom stereocenters. The summed E-state index contributed by atoms with van der Waals surface area (Å²) < 4.78 is 18.1. The second kappa shape index (κ2) is 5.14. The fourth-order valence-electron chi connectivity index (χ4n) is 1.58. The minimum absolute atomic E-state index is 0.0299. The van der Waals surface area contributed by atoms with Crippen LogP contribution in [0, 0.1) is 5.82 Å². The lowest BCUT2D eigenvalue weighted by Gasteiger charge is -2.07. The smallest absolute Gasteiger partial charge is 0.338 e. The molecular weight excluding hydrogens is 257 g/mol. The van der Waals surface area contributed by atoms with Crippen molar-refractivity contribution in [3.63, 3.8) is 0 Å². The molecule has 0 fully saturated rings. The highest BCUT2D eigenvalue weighted by Gasteiger charge is 2.14. The van der Waals surface area contributed by atoms with E-state index in [0.717, 1.165) is 0 Å². The van der Waals surface area contributed by atoms with Crippen LogP contribution in [-0.2, 0) is 4.74 Å². The highest BCUT2D eigenvalue weighted by atomic mass is 35.5. The molecule has 92 valence electrons. The predicted molar refractivity (Wildman–Crippen MR) is 66.0 cm³/mol. The van der Waals surface area contributed by atoms with Gasteiger partial charge in [0, 0.05) is 18.0 Å². The number of carbonyl (C=O) groups excluding carboxylic acids is 1. The van der Waals surface area contributed by atoms with E-state index in [1.165, 1.54) is 37.7 Å². The van der Waals surface area contributed by atoms with Gasteiger partial charge in [0.1, 0.15) is 5.82 Å². The summed E-state index contributed by atoms with van der Waals surface area (Å²) in [6.07, 6.45) is 2.96. The normalized spacial score (nSPS) is 10.2. The van der Waals surface area contributed by atoms with Crippen LogP contribution < -0.4 is 0 Å². The highest BCUT2D eigenvalue weighted by molar-refractivity contribution is 6.30. The third-order valence-electron chi connectivity index (χ3n) is 2.46. The molecule has 1 heterocycles. The molecule has 5 heteroatoms. The van der Waals surface area contributed by atoms with E-state index in [9.17, 15) is 9.18 Å². The Hall–Kier alpha value is -1.94. The third kappa shape index (κ3) is 2.33. The first-order valence-corrected chi connectivity index (χ1v) is 5.49. The van der Waals surface area contributed by atoms with Crippen molar-refractivity contribution in [1.82, 2.24) is 4.98 Å². The largest absolute Gasteiger partial charge is 0.465 e. The zero-order chi connectivity index (χ0) is 13.1. The molecule has 0 saturated carbocycles. The molecule has 0 saturated heterocycles. The van der Waals surface area contributed by atoms with E-state index >= 15 is 0 Å². The summed E-state index contributed by atoms with van der Waals surface area (Å²) in [6, 6.07) is 5.83. The maximum Gasteiger partial charge on any atom is 0.338 e. The summed E-state index contributed by atoms with van der Waals surface area (Å²) in [7, 11) is 1.29. The number of ether oxygens (including phenoxy) is 1. The van der Waals surface area contributed by atoms with Crippen molar-refractivity contribution in [2.75, 3.05) is 7.11 Å². The highest BCUT2D eigenvalue weighted by Crippen LogP contribution is 2.26. The first-order valence-electron chi connectivity index (χ1n) is 5.11. The Labute approximate surface area is 108 Å². The minimum atomic E-state index is -0.547. The standard InChI is InChI=1S/C13H9ClFNO2/c1-18-13(17)9-4-5-16-7-10(9)8-2-3-11(14)12(15)6-8/h2-7H,1H3. The van der Waals surface area contributed by atoms with E-state index in [2.05, 4.69) is 9.72 Å². The lowest BCUT2D eigenvalue weighted by molar-refractivity contribution is 0.0601. The van der Waals surface area contributed by atoms with Crippen LogP contribution in [0.25, 0.3) is 11.1 Å². The van der Waals surface area contributed by atoms with Crippen molar-refractivity contribution >= 4 is 17.6 Å². The average Bonchev–Trinajstić information content (AvgIpc) is 2.41. The second-order valence-electron chi connectivity index (χ2n) is 3.54. The van der Waals surface area contributed by atoms with E-state index in [1.807, 2.05) is 0 Å². The molecule has 0 aliphatic heterocycles. The number of halogens is 2. The summed E-state index contributed by atoms with van der Waals surface area (Å²) in [5.74, 6) is -1.04. The molecule has 0 unspecified atom stereocenters. The molecule has 2 rings (SSSR count). The lowest BCUT2D eigenvalue weighted by atomic mass is 10.0. The number of pyridine rings is 1. The number of aromatic nitrogens is 1. The summed E-state index contributed by atoms with van der Waals surface area (Å²) in [5, 5.41) is 0.0299. The Balaban J connectivity index is 2.56. The lowest BCUT2D eigenvalue weighted by Crippen LogP contribution is -2.04. The van der Waals surface area contributed by atoms with Gasteiger partial charge >= 0.3 is 5.97 Å². The number of hydrogen-bond acceptors (Lipinski definition) is 3. The van der Waals surface area contributed by atoms with Crippen LogP contribution >= 0.6 is 11.6 Å². The first-order chi connectivity index (χ1) is 8.63. The van der Waals surface area contributed by atoms with Gasteiger partial charge in [-0.15, -0.1) is 0 Å².